The molecule has 1 saturated carbocycles. The molecule has 1 amide bonds. The molecular formula is C26H31ClN4O3S. The standard InChI is InChI=1S/C26H31ClN4O3S/c27-24-11-10-23(35-24)26(32)29-16-19-15-21(30-34-19)20-9-8-17(25(28)31-12-4-5-13-31)14-22(20)33-18-6-2-1-3-7-18/h8-11,14,18-19,28H,1-7,12-13,15-16H2,(H,29,32). The van der Waals surface area contributed by atoms with Gasteiger partial charge in [0.15, 0.2) is 0 Å². The molecule has 1 aliphatic carbocycles. The third kappa shape index (κ3) is 5.81. The highest BCUT2D eigenvalue weighted by molar-refractivity contribution is 7.18. The number of hydrogen-bond donors (Lipinski definition) is 2. The van der Waals surface area contributed by atoms with E-state index in [-0.39, 0.29) is 18.1 Å². The van der Waals surface area contributed by atoms with E-state index < -0.39 is 0 Å². The van der Waals surface area contributed by atoms with Crippen molar-refractivity contribution >= 4 is 40.4 Å². The van der Waals surface area contributed by atoms with E-state index in [1.807, 2.05) is 18.2 Å². The van der Waals surface area contributed by atoms with Crippen molar-refractivity contribution in [1.29, 1.82) is 5.41 Å². The number of likely N-dealkylation sites (tertiary alicyclic amines) is 1. The van der Waals surface area contributed by atoms with Crippen molar-refractivity contribution in [1.82, 2.24) is 10.2 Å². The van der Waals surface area contributed by atoms with E-state index in [4.69, 9.17) is 26.6 Å². The Labute approximate surface area is 214 Å². The monoisotopic (exact) mass is 514 g/mol. The van der Waals surface area contributed by atoms with Crippen LogP contribution in [0.2, 0.25) is 4.34 Å². The minimum atomic E-state index is -0.241. The Hall–Kier alpha value is -2.58. The highest BCUT2D eigenvalue weighted by Crippen LogP contribution is 2.31. The molecule has 0 spiro atoms. The van der Waals surface area contributed by atoms with E-state index in [1.54, 1.807) is 12.1 Å². The van der Waals surface area contributed by atoms with Crippen LogP contribution in [0.15, 0.2) is 35.5 Å². The maximum absolute atomic E-state index is 12.4. The predicted octanol–water partition coefficient (Wildman–Crippen LogP) is 5.46. The van der Waals surface area contributed by atoms with Crippen LogP contribution >= 0.6 is 22.9 Å². The number of rotatable bonds is 7. The SMILES string of the molecule is N=C(c1ccc(C2=NOC(CNC(=O)c3ccc(Cl)s3)C2)c(OC2CCCCC2)c1)N1CCCC1. The molecule has 5 rings (SSSR count). The largest absolute Gasteiger partial charge is 0.490 e. The number of hydrogen-bond acceptors (Lipinski definition) is 6. The number of oxime groups is 1. The molecule has 7 nitrogen and oxygen atoms in total. The zero-order chi connectivity index (χ0) is 24.2. The summed E-state index contributed by atoms with van der Waals surface area (Å²) >= 11 is 7.19. The van der Waals surface area contributed by atoms with Crippen LogP contribution in [0.25, 0.3) is 0 Å². The first-order valence-electron chi connectivity index (χ1n) is 12.5. The van der Waals surface area contributed by atoms with Crippen LogP contribution in [-0.4, -0.2) is 54.2 Å². The van der Waals surface area contributed by atoms with Gasteiger partial charge < -0.3 is 19.8 Å². The molecule has 0 radical (unpaired) electrons. The molecule has 0 bridgehead atoms. The maximum atomic E-state index is 12.4. The number of carbonyl (C=O) groups is 1. The Morgan fingerprint density at radius 1 is 1.17 bits per heavy atom. The molecule has 2 aromatic rings. The van der Waals surface area contributed by atoms with Gasteiger partial charge in [-0.3, -0.25) is 10.2 Å². The van der Waals surface area contributed by atoms with Gasteiger partial charge in [0, 0.05) is 30.6 Å². The van der Waals surface area contributed by atoms with Crippen molar-refractivity contribution in [3.8, 4) is 5.75 Å². The van der Waals surface area contributed by atoms with Gasteiger partial charge in [0.25, 0.3) is 5.91 Å². The normalized spacial score (nSPS) is 20.4. The summed E-state index contributed by atoms with van der Waals surface area (Å²) in [4.78, 5) is 20.7. The Balaban J connectivity index is 1.28. The minimum Gasteiger partial charge on any atom is -0.490 e. The molecule has 3 heterocycles. The average Bonchev–Trinajstić information content (AvgIpc) is 3.65. The summed E-state index contributed by atoms with van der Waals surface area (Å²) in [5, 5.41) is 16.0. The summed E-state index contributed by atoms with van der Waals surface area (Å²) < 4.78 is 7.10. The number of amides is 1. The van der Waals surface area contributed by atoms with Crippen LogP contribution in [0.1, 0.15) is 72.2 Å². The zero-order valence-corrected chi connectivity index (χ0v) is 21.3. The third-order valence-corrected chi connectivity index (χ3v) is 8.08. The quantitative estimate of drug-likeness (QED) is 0.379. The topological polar surface area (TPSA) is 87.0 Å². The predicted molar refractivity (Wildman–Crippen MR) is 139 cm³/mol. The molecule has 2 aliphatic heterocycles. The lowest BCUT2D eigenvalue weighted by atomic mass is 9.97. The van der Waals surface area contributed by atoms with Gasteiger partial charge in [-0.25, -0.2) is 0 Å². The second-order valence-corrected chi connectivity index (χ2v) is 11.1. The van der Waals surface area contributed by atoms with E-state index in [1.165, 1.54) is 30.6 Å². The zero-order valence-electron chi connectivity index (χ0n) is 19.7. The molecule has 1 unspecified atom stereocenters. The lowest BCUT2D eigenvalue weighted by Crippen LogP contribution is -2.32. The van der Waals surface area contributed by atoms with E-state index in [9.17, 15) is 4.79 Å². The van der Waals surface area contributed by atoms with Crippen molar-refractivity contribution in [2.75, 3.05) is 19.6 Å². The molecule has 1 saturated heterocycles. The summed E-state index contributed by atoms with van der Waals surface area (Å²) in [5.74, 6) is 1.17. The second kappa shape index (κ2) is 11.0. The van der Waals surface area contributed by atoms with Gasteiger partial charge in [0.1, 0.15) is 17.7 Å². The summed E-state index contributed by atoms with van der Waals surface area (Å²) in [5.41, 5.74) is 2.60. The second-order valence-electron chi connectivity index (χ2n) is 9.41. The van der Waals surface area contributed by atoms with Crippen LogP contribution in [0.3, 0.4) is 0 Å². The molecule has 1 aromatic carbocycles. The van der Waals surface area contributed by atoms with Crippen molar-refractivity contribution in [2.45, 2.75) is 63.6 Å². The lowest BCUT2D eigenvalue weighted by molar-refractivity contribution is 0.0755. The fourth-order valence-electron chi connectivity index (χ4n) is 4.92. The average molecular weight is 515 g/mol. The molecular weight excluding hydrogens is 484 g/mol. The van der Waals surface area contributed by atoms with Gasteiger partial charge in [-0.05, 0) is 62.8 Å². The van der Waals surface area contributed by atoms with Gasteiger partial charge >= 0.3 is 0 Å². The molecule has 2 N–H and O–H groups in total. The van der Waals surface area contributed by atoms with E-state index in [2.05, 4.69) is 15.4 Å². The van der Waals surface area contributed by atoms with Crippen molar-refractivity contribution in [3.05, 3.63) is 50.7 Å². The molecule has 3 aliphatic rings. The van der Waals surface area contributed by atoms with Gasteiger partial charge in [-0.15, -0.1) is 11.3 Å². The molecule has 186 valence electrons. The number of nitrogens with one attached hydrogen (secondary N) is 2. The van der Waals surface area contributed by atoms with Crippen LogP contribution in [0, 0.1) is 5.41 Å². The van der Waals surface area contributed by atoms with E-state index in [0.29, 0.717) is 28.0 Å². The molecule has 35 heavy (non-hydrogen) atoms. The maximum Gasteiger partial charge on any atom is 0.261 e. The first kappa shape index (κ1) is 24.1. The number of carbonyl (C=O) groups excluding carboxylic acids is 1. The van der Waals surface area contributed by atoms with Gasteiger partial charge in [0.05, 0.1) is 27.6 Å². The highest BCUT2D eigenvalue weighted by atomic mass is 35.5. The van der Waals surface area contributed by atoms with Crippen LogP contribution in [0.5, 0.6) is 5.75 Å². The van der Waals surface area contributed by atoms with Crippen LogP contribution < -0.4 is 10.1 Å². The Bertz CT molecular complexity index is 1110. The summed E-state index contributed by atoms with van der Waals surface area (Å²) in [6.45, 7) is 2.23. The van der Waals surface area contributed by atoms with E-state index >= 15 is 0 Å². The van der Waals surface area contributed by atoms with Crippen molar-refractivity contribution in [2.24, 2.45) is 5.16 Å². The van der Waals surface area contributed by atoms with Gasteiger partial charge in [-0.1, -0.05) is 29.2 Å². The Morgan fingerprint density at radius 2 is 1.97 bits per heavy atom. The highest BCUT2D eigenvalue weighted by Gasteiger charge is 2.27. The molecule has 9 heteroatoms. The first-order valence-corrected chi connectivity index (χ1v) is 13.7. The third-order valence-electron chi connectivity index (χ3n) is 6.85. The number of ether oxygens (including phenoxy) is 1. The molecule has 2 fully saturated rings. The summed E-state index contributed by atoms with van der Waals surface area (Å²) in [7, 11) is 0. The molecule has 1 atom stereocenters. The number of benzene rings is 1. The molecule has 1 aromatic heterocycles. The van der Waals surface area contributed by atoms with E-state index in [0.717, 1.165) is 61.4 Å². The Morgan fingerprint density at radius 3 is 2.71 bits per heavy atom. The first-order chi connectivity index (χ1) is 17.1. The number of thiophene rings is 1. The number of nitrogens with zero attached hydrogens (tertiary/aromatic N) is 2. The fraction of sp³-hybridized carbons (Fsp3) is 0.500. The fourth-order valence-corrected chi connectivity index (χ4v) is 5.88. The lowest BCUT2D eigenvalue weighted by Gasteiger charge is -2.25. The van der Waals surface area contributed by atoms with Crippen molar-refractivity contribution < 1.29 is 14.4 Å². The number of halogens is 1. The summed E-state index contributed by atoms with van der Waals surface area (Å²) in [6.07, 6.45) is 8.54. The minimum absolute atomic E-state index is 0.162. The van der Waals surface area contributed by atoms with Crippen LogP contribution in [0.4, 0.5) is 0 Å². The summed E-state index contributed by atoms with van der Waals surface area (Å²) in [6, 6.07) is 9.44. The van der Waals surface area contributed by atoms with Gasteiger partial charge in [-0.2, -0.15) is 0 Å². The van der Waals surface area contributed by atoms with Crippen LogP contribution in [-0.2, 0) is 4.84 Å². The van der Waals surface area contributed by atoms with Crippen molar-refractivity contribution in [3.63, 3.8) is 0 Å². The number of amidine groups is 1. The van der Waals surface area contributed by atoms with Gasteiger partial charge in [0.2, 0.25) is 0 Å². The smallest absolute Gasteiger partial charge is 0.261 e. The Kier molecular flexibility index (Phi) is 7.58.